The van der Waals surface area contributed by atoms with E-state index in [4.69, 9.17) is 5.73 Å². The van der Waals surface area contributed by atoms with Crippen LogP contribution in [-0.4, -0.2) is 41.1 Å². The number of imide groups is 2. The van der Waals surface area contributed by atoms with Crippen LogP contribution < -0.4 is 16.4 Å². The number of hydrogen-bond donors (Lipinski definition) is 3. The molecule has 0 aromatic heterocycles. The van der Waals surface area contributed by atoms with Crippen molar-refractivity contribution in [3.63, 3.8) is 0 Å². The summed E-state index contributed by atoms with van der Waals surface area (Å²) < 4.78 is 0. The van der Waals surface area contributed by atoms with Gasteiger partial charge in [-0.3, -0.25) is 29.4 Å². The summed E-state index contributed by atoms with van der Waals surface area (Å²) in [7, 11) is 0. The first-order chi connectivity index (χ1) is 16.5. The van der Waals surface area contributed by atoms with Crippen molar-refractivity contribution in [2.75, 3.05) is 11.9 Å². The van der Waals surface area contributed by atoms with E-state index in [-0.39, 0.29) is 18.7 Å². The lowest BCUT2D eigenvalue weighted by Gasteiger charge is -2.27. The van der Waals surface area contributed by atoms with E-state index < -0.39 is 23.8 Å². The lowest BCUT2D eigenvalue weighted by atomic mass is 10.0. The first-order valence-corrected chi connectivity index (χ1v) is 11.9. The molecular weight excluding hydrogens is 432 g/mol. The van der Waals surface area contributed by atoms with Crippen LogP contribution in [0.5, 0.6) is 0 Å². The van der Waals surface area contributed by atoms with Crippen LogP contribution >= 0.6 is 0 Å². The molecule has 2 aromatic rings. The molecule has 2 aliphatic rings. The van der Waals surface area contributed by atoms with E-state index in [9.17, 15) is 19.2 Å². The average Bonchev–Trinajstić information content (AvgIpc) is 3.09. The molecule has 1 unspecified atom stereocenters. The van der Waals surface area contributed by atoms with Gasteiger partial charge in [-0.05, 0) is 61.6 Å². The third kappa shape index (κ3) is 5.02. The fourth-order valence-corrected chi connectivity index (χ4v) is 4.55. The average molecular weight is 463 g/mol. The molecule has 0 radical (unpaired) electrons. The van der Waals surface area contributed by atoms with Gasteiger partial charge in [0.2, 0.25) is 11.8 Å². The highest BCUT2D eigenvalue weighted by Crippen LogP contribution is 2.30. The summed E-state index contributed by atoms with van der Waals surface area (Å²) in [5.74, 6) is -1.98. The topological polar surface area (TPSA) is 122 Å². The van der Waals surface area contributed by atoms with E-state index in [1.165, 1.54) is 18.4 Å². The van der Waals surface area contributed by atoms with Crippen molar-refractivity contribution in [2.24, 2.45) is 5.73 Å². The van der Waals surface area contributed by atoms with Crippen LogP contribution in [0.15, 0.2) is 42.5 Å². The Hall–Kier alpha value is -3.52. The predicted octanol–water partition coefficient (Wildman–Crippen LogP) is 2.76. The molecule has 2 heterocycles. The van der Waals surface area contributed by atoms with Crippen LogP contribution in [0.25, 0.3) is 0 Å². The molecule has 34 heavy (non-hydrogen) atoms. The van der Waals surface area contributed by atoms with Crippen molar-refractivity contribution in [3.8, 4) is 0 Å². The minimum atomic E-state index is -0.964. The Labute approximate surface area is 198 Å². The Morgan fingerprint density at radius 1 is 0.941 bits per heavy atom. The van der Waals surface area contributed by atoms with Crippen LogP contribution in [0.2, 0.25) is 0 Å². The highest BCUT2D eigenvalue weighted by atomic mass is 16.2. The van der Waals surface area contributed by atoms with Crippen molar-refractivity contribution >= 4 is 29.3 Å². The fraction of sp³-hybridized carbons (Fsp3) is 0.385. The summed E-state index contributed by atoms with van der Waals surface area (Å²) in [5.41, 5.74) is 9.03. The molecule has 178 valence electrons. The van der Waals surface area contributed by atoms with E-state index in [0.717, 1.165) is 36.4 Å². The number of nitrogens with zero attached hydrogens (tertiary/aromatic N) is 1. The van der Waals surface area contributed by atoms with Crippen LogP contribution in [0.4, 0.5) is 5.69 Å². The van der Waals surface area contributed by atoms with E-state index in [2.05, 4.69) is 22.8 Å². The van der Waals surface area contributed by atoms with Gasteiger partial charge in [-0.2, -0.15) is 0 Å². The molecule has 1 saturated heterocycles. The van der Waals surface area contributed by atoms with Gasteiger partial charge >= 0.3 is 0 Å². The Kier molecular flexibility index (Phi) is 7.37. The summed E-state index contributed by atoms with van der Waals surface area (Å²) in [6.07, 6.45) is 5.83. The van der Waals surface area contributed by atoms with Crippen molar-refractivity contribution in [1.82, 2.24) is 10.2 Å². The van der Waals surface area contributed by atoms with Gasteiger partial charge in [-0.1, -0.05) is 37.1 Å². The van der Waals surface area contributed by atoms with Gasteiger partial charge in [0.25, 0.3) is 11.8 Å². The van der Waals surface area contributed by atoms with Gasteiger partial charge in [0.05, 0.1) is 11.1 Å². The SMILES string of the molecule is NCCCCCCc1ccc(NCc2cccc3c2C(=O)N(C2CCC(=O)NC2=O)C3=O)cc1. The second kappa shape index (κ2) is 10.6. The number of benzene rings is 2. The molecule has 0 spiro atoms. The van der Waals surface area contributed by atoms with Crippen LogP contribution in [-0.2, 0) is 22.6 Å². The number of fused-ring (bicyclic) bond motifs is 1. The van der Waals surface area contributed by atoms with Crippen molar-refractivity contribution in [3.05, 3.63) is 64.7 Å². The second-order valence-corrected chi connectivity index (χ2v) is 8.79. The van der Waals surface area contributed by atoms with Crippen LogP contribution in [0, 0.1) is 0 Å². The van der Waals surface area contributed by atoms with Crippen LogP contribution in [0.3, 0.4) is 0 Å². The van der Waals surface area contributed by atoms with Crippen molar-refractivity contribution < 1.29 is 19.2 Å². The van der Waals surface area contributed by atoms with Gasteiger partial charge in [-0.25, -0.2) is 0 Å². The number of aryl methyl sites for hydroxylation is 1. The maximum Gasteiger partial charge on any atom is 0.262 e. The van der Waals surface area contributed by atoms with Gasteiger partial charge in [0.15, 0.2) is 0 Å². The molecule has 1 fully saturated rings. The number of carbonyl (C=O) groups excluding carboxylic acids is 4. The highest BCUT2D eigenvalue weighted by Gasteiger charge is 2.45. The first kappa shape index (κ1) is 23.6. The molecule has 0 bridgehead atoms. The quantitative estimate of drug-likeness (QED) is 0.369. The summed E-state index contributed by atoms with van der Waals surface area (Å²) in [5, 5.41) is 5.55. The van der Waals surface area contributed by atoms with E-state index in [1.54, 1.807) is 18.2 Å². The molecule has 4 N–H and O–H groups in total. The third-order valence-electron chi connectivity index (χ3n) is 6.41. The Balaban J connectivity index is 1.40. The number of hydrogen-bond acceptors (Lipinski definition) is 6. The minimum absolute atomic E-state index is 0.0991. The number of nitrogens with one attached hydrogen (secondary N) is 2. The molecule has 4 amide bonds. The number of piperidine rings is 1. The first-order valence-electron chi connectivity index (χ1n) is 11.9. The number of carbonyl (C=O) groups is 4. The lowest BCUT2D eigenvalue weighted by Crippen LogP contribution is -2.54. The molecule has 0 aliphatic carbocycles. The normalized spacial score (nSPS) is 17.7. The molecular formula is C26H30N4O4. The molecule has 8 nitrogen and oxygen atoms in total. The zero-order valence-electron chi connectivity index (χ0n) is 19.1. The standard InChI is InChI=1S/C26H30N4O4/c27-15-4-2-1-3-6-17-9-11-19(12-10-17)28-16-18-7-5-8-20-23(18)26(34)30(25(20)33)21-13-14-22(31)29-24(21)32/h5,7-12,21,28H,1-4,6,13-16,27H2,(H,29,31,32). The highest BCUT2D eigenvalue weighted by molar-refractivity contribution is 6.24. The summed E-state index contributed by atoms with van der Waals surface area (Å²) in [6, 6.07) is 12.4. The molecule has 4 rings (SSSR count). The Bertz CT molecular complexity index is 1100. The monoisotopic (exact) mass is 462 g/mol. The molecule has 2 aliphatic heterocycles. The number of nitrogens with two attached hydrogens (primary N) is 1. The van der Waals surface area contributed by atoms with Gasteiger partial charge < -0.3 is 11.1 Å². The smallest absolute Gasteiger partial charge is 0.262 e. The van der Waals surface area contributed by atoms with Gasteiger partial charge in [-0.15, -0.1) is 0 Å². The number of anilines is 1. The lowest BCUT2D eigenvalue weighted by molar-refractivity contribution is -0.136. The number of rotatable bonds is 10. The second-order valence-electron chi connectivity index (χ2n) is 8.79. The van der Waals surface area contributed by atoms with Crippen molar-refractivity contribution in [1.29, 1.82) is 0 Å². The Morgan fingerprint density at radius 2 is 1.71 bits per heavy atom. The van der Waals surface area contributed by atoms with Gasteiger partial charge in [0.1, 0.15) is 6.04 Å². The number of unbranched alkanes of at least 4 members (excludes halogenated alkanes) is 3. The zero-order chi connectivity index (χ0) is 24.1. The molecule has 2 aromatic carbocycles. The van der Waals surface area contributed by atoms with E-state index in [0.29, 0.717) is 23.2 Å². The maximum atomic E-state index is 13.2. The molecule has 0 saturated carbocycles. The summed E-state index contributed by atoms with van der Waals surface area (Å²) >= 11 is 0. The predicted molar refractivity (Wildman–Crippen MR) is 128 cm³/mol. The van der Waals surface area contributed by atoms with Crippen LogP contribution in [0.1, 0.15) is 70.4 Å². The zero-order valence-corrected chi connectivity index (χ0v) is 19.1. The maximum absolute atomic E-state index is 13.2. The van der Waals surface area contributed by atoms with Crippen molar-refractivity contribution in [2.45, 2.75) is 57.5 Å². The van der Waals surface area contributed by atoms with E-state index >= 15 is 0 Å². The summed E-state index contributed by atoms with van der Waals surface area (Å²) in [6.45, 7) is 1.11. The largest absolute Gasteiger partial charge is 0.381 e. The summed E-state index contributed by atoms with van der Waals surface area (Å²) in [4.78, 5) is 50.9. The van der Waals surface area contributed by atoms with Gasteiger partial charge in [0, 0.05) is 18.7 Å². The number of amides is 4. The Morgan fingerprint density at radius 3 is 2.44 bits per heavy atom. The third-order valence-corrected chi connectivity index (χ3v) is 6.41. The van der Waals surface area contributed by atoms with E-state index in [1.807, 2.05) is 12.1 Å². The fourth-order valence-electron chi connectivity index (χ4n) is 4.55. The molecule has 8 heteroatoms. The molecule has 1 atom stereocenters. The minimum Gasteiger partial charge on any atom is -0.381 e.